The van der Waals surface area contributed by atoms with Gasteiger partial charge in [-0.15, -0.1) is 0 Å². The van der Waals surface area contributed by atoms with Crippen molar-refractivity contribution in [3.63, 3.8) is 0 Å². The normalized spacial score (nSPS) is 11.8. The number of carbonyl (C=O) groups is 1. The Kier molecular flexibility index (Phi) is 4.93. The molecule has 0 aliphatic carbocycles. The Labute approximate surface area is 123 Å². The predicted octanol–water partition coefficient (Wildman–Crippen LogP) is 3.72. The van der Waals surface area contributed by atoms with Gasteiger partial charge in [-0.3, -0.25) is 4.79 Å². The lowest BCUT2D eigenvalue weighted by molar-refractivity contribution is 0.0935. The number of nitrogens with one attached hydrogen (secondary N) is 1. The van der Waals surface area contributed by atoms with E-state index in [2.05, 4.69) is 5.32 Å². The standard InChI is InChI=1S/C17H18FNO2/c1-3-21-16-11-7-5-9-14(16)17(20)19-12(2)13-8-4-6-10-15(13)18/h4-12H,3H2,1-2H3,(H,19,20). The van der Waals surface area contributed by atoms with E-state index in [0.717, 1.165) is 0 Å². The number of rotatable bonds is 5. The number of halogens is 1. The van der Waals surface area contributed by atoms with Gasteiger partial charge in [0.15, 0.2) is 0 Å². The molecule has 21 heavy (non-hydrogen) atoms. The summed E-state index contributed by atoms with van der Waals surface area (Å²) in [6.07, 6.45) is 0. The number of carbonyl (C=O) groups excluding carboxylic acids is 1. The minimum Gasteiger partial charge on any atom is -0.493 e. The molecule has 0 aromatic heterocycles. The van der Waals surface area contributed by atoms with Crippen molar-refractivity contribution in [3.8, 4) is 5.75 Å². The van der Waals surface area contributed by atoms with E-state index < -0.39 is 6.04 Å². The number of amides is 1. The van der Waals surface area contributed by atoms with Crippen LogP contribution in [0.2, 0.25) is 0 Å². The first-order chi connectivity index (χ1) is 10.1. The van der Waals surface area contributed by atoms with Crippen LogP contribution in [0.4, 0.5) is 4.39 Å². The third-order valence-corrected chi connectivity index (χ3v) is 3.15. The maximum absolute atomic E-state index is 13.7. The molecule has 0 bridgehead atoms. The second-order valence-electron chi connectivity index (χ2n) is 4.65. The lowest BCUT2D eigenvalue weighted by Crippen LogP contribution is -2.27. The Hall–Kier alpha value is -2.36. The van der Waals surface area contributed by atoms with Gasteiger partial charge in [0, 0.05) is 5.56 Å². The van der Waals surface area contributed by atoms with E-state index in [1.54, 1.807) is 43.3 Å². The van der Waals surface area contributed by atoms with Crippen molar-refractivity contribution in [1.82, 2.24) is 5.32 Å². The van der Waals surface area contributed by atoms with Crippen molar-refractivity contribution in [2.45, 2.75) is 19.9 Å². The Morgan fingerprint density at radius 3 is 2.57 bits per heavy atom. The molecule has 2 rings (SSSR count). The molecule has 0 saturated heterocycles. The molecule has 110 valence electrons. The molecule has 1 amide bonds. The van der Waals surface area contributed by atoms with Gasteiger partial charge >= 0.3 is 0 Å². The molecule has 0 radical (unpaired) electrons. The summed E-state index contributed by atoms with van der Waals surface area (Å²) >= 11 is 0. The van der Waals surface area contributed by atoms with Crippen LogP contribution in [0.3, 0.4) is 0 Å². The molecular weight excluding hydrogens is 269 g/mol. The minimum atomic E-state index is -0.423. The number of hydrogen-bond acceptors (Lipinski definition) is 2. The summed E-state index contributed by atoms with van der Waals surface area (Å²) in [4.78, 5) is 12.3. The Morgan fingerprint density at radius 2 is 1.86 bits per heavy atom. The van der Waals surface area contributed by atoms with Gasteiger partial charge in [-0.2, -0.15) is 0 Å². The second-order valence-corrected chi connectivity index (χ2v) is 4.65. The van der Waals surface area contributed by atoms with Gasteiger partial charge in [0.05, 0.1) is 18.2 Å². The van der Waals surface area contributed by atoms with Crippen molar-refractivity contribution in [1.29, 1.82) is 0 Å². The quantitative estimate of drug-likeness (QED) is 0.910. The molecule has 1 atom stereocenters. The van der Waals surface area contributed by atoms with E-state index in [9.17, 15) is 9.18 Å². The fraction of sp³-hybridized carbons (Fsp3) is 0.235. The lowest BCUT2D eigenvalue weighted by atomic mass is 10.1. The van der Waals surface area contributed by atoms with Gasteiger partial charge in [-0.05, 0) is 32.0 Å². The van der Waals surface area contributed by atoms with E-state index >= 15 is 0 Å². The van der Waals surface area contributed by atoms with Gasteiger partial charge in [0.2, 0.25) is 0 Å². The van der Waals surface area contributed by atoms with Crippen LogP contribution in [0.5, 0.6) is 5.75 Å². The van der Waals surface area contributed by atoms with E-state index in [0.29, 0.717) is 23.5 Å². The Bertz CT molecular complexity index is 628. The highest BCUT2D eigenvalue weighted by Crippen LogP contribution is 2.21. The topological polar surface area (TPSA) is 38.3 Å². The summed E-state index contributed by atoms with van der Waals surface area (Å²) in [5.74, 6) is -0.0866. The molecule has 0 spiro atoms. The summed E-state index contributed by atoms with van der Waals surface area (Å²) in [6, 6.07) is 13.0. The number of benzene rings is 2. The molecular formula is C17H18FNO2. The first kappa shape index (κ1) is 15.0. The van der Waals surface area contributed by atoms with Crippen LogP contribution < -0.4 is 10.1 Å². The van der Waals surface area contributed by atoms with Gasteiger partial charge in [-0.1, -0.05) is 30.3 Å². The summed E-state index contributed by atoms with van der Waals surface area (Å²) in [7, 11) is 0. The van der Waals surface area contributed by atoms with E-state index in [1.165, 1.54) is 6.07 Å². The second kappa shape index (κ2) is 6.88. The molecule has 4 heteroatoms. The highest BCUT2D eigenvalue weighted by molar-refractivity contribution is 5.97. The van der Waals surface area contributed by atoms with E-state index in [1.807, 2.05) is 13.0 Å². The maximum atomic E-state index is 13.7. The molecule has 0 aliphatic heterocycles. The van der Waals surface area contributed by atoms with Gasteiger partial charge in [0.1, 0.15) is 11.6 Å². The highest BCUT2D eigenvalue weighted by atomic mass is 19.1. The zero-order valence-electron chi connectivity index (χ0n) is 12.1. The van der Waals surface area contributed by atoms with Crippen molar-refractivity contribution < 1.29 is 13.9 Å². The average Bonchev–Trinajstić information content (AvgIpc) is 2.48. The van der Waals surface area contributed by atoms with Crippen LogP contribution in [-0.4, -0.2) is 12.5 Å². The fourth-order valence-corrected chi connectivity index (χ4v) is 2.11. The summed E-state index contributed by atoms with van der Waals surface area (Å²) in [6.45, 7) is 4.09. The SMILES string of the molecule is CCOc1ccccc1C(=O)NC(C)c1ccccc1F. The Morgan fingerprint density at radius 1 is 1.19 bits per heavy atom. The summed E-state index contributed by atoms with van der Waals surface area (Å²) in [5.41, 5.74) is 0.905. The predicted molar refractivity (Wildman–Crippen MR) is 79.9 cm³/mol. The molecule has 1 unspecified atom stereocenters. The van der Waals surface area contributed by atoms with Crippen molar-refractivity contribution in [2.75, 3.05) is 6.61 Å². The third-order valence-electron chi connectivity index (χ3n) is 3.15. The molecule has 3 nitrogen and oxygen atoms in total. The van der Waals surface area contributed by atoms with Crippen molar-refractivity contribution in [3.05, 3.63) is 65.5 Å². The fourth-order valence-electron chi connectivity index (χ4n) is 2.11. The molecule has 1 N–H and O–H groups in total. The minimum absolute atomic E-state index is 0.283. The summed E-state index contributed by atoms with van der Waals surface area (Å²) in [5, 5.41) is 2.79. The monoisotopic (exact) mass is 287 g/mol. The lowest BCUT2D eigenvalue weighted by Gasteiger charge is -2.16. The van der Waals surface area contributed by atoms with Gasteiger partial charge < -0.3 is 10.1 Å². The van der Waals surface area contributed by atoms with Gasteiger partial charge in [-0.25, -0.2) is 4.39 Å². The molecule has 2 aromatic carbocycles. The maximum Gasteiger partial charge on any atom is 0.255 e. The average molecular weight is 287 g/mol. The first-order valence-corrected chi connectivity index (χ1v) is 6.90. The molecule has 0 heterocycles. The van der Waals surface area contributed by atoms with Crippen LogP contribution >= 0.6 is 0 Å². The van der Waals surface area contributed by atoms with Crippen LogP contribution in [0.15, 0.2) is 48.5 Å². The van der Waals surface area contributed by atoms with Crippen LogP contribution in [-0.2, 0) is 0 Å². The molecule has 2 aromatic rings. The molecule has 0 fully saturated rings. The first-order valence-electron chi connectivity index (χ1n) is 6.90. The summed E-state index contributed by atoms with van der Waals surface area (Å²) < 4.78 is 19.2. The third kappa shape index (κ3) is 3.60. The zero-order valence-corrected chi connectivity index (χ0v) is 12.1. The van der Waals surface area contributed by atoms with Crippen LogP contribution in [0.25, 0.3) is 0 Å². The number of ether oxygens (including phenoxy) is 1. The zero-order chi connectivity index (χ0) is 15.2. The smallest absolute Gasteiger partial charge is 0.255 e. The van der Waals surface area contributed by atoms with Gasteiger partial charge in [0.25, 0.3) is 5.91 Å². The van der Waals surface area contributed by atoms with E-state index in [-0.39, 0.29) is 11.7 Å². The largest absolute Gasteiger partial charge is 0.493 e. The number of hydrogen-bond donors (Lipinski definition) is 1. The van der Waals surface area contributed by atoms with Crippen molar-refractivity contribution >= 4 is 5.91 Å². The molecule has 0 aliphatic rings. The highest BCUT2D eigenvalue weighted by Gasteiger charge is 2.17. The van der Waals surface area contributed by atoms with Crippen molar-refractivity contribution in [2.24, 2.45) is 0 Å². The Balaban J connectivity index is 2.17. The molecule has 0 saturated carbocycles. The van der Waals surface area contributed by atoms with E-state index in [4.69, 9.17) is 4.74 Å². The van der Waals surface area contributed by atoms with Crippen LogP contribution in [0, 0.1) is 5.82 Å². The van der Waals surface area contributed by atoms with Crippen LogP contribution in [0.1, 0.15) is 35.8 Å². The number of para-hydroxylation sites is 1.